The lowest BCUT2D eigenvalue weighted by Gasteiger charge is -2.03. The third-order valence-electron chi connectivity index (χ3n) is 3.11. The van der Waals surface area contributed by atoms with E-state index in [0.717, 1.165) is 11.2 Å². The van der Waals surface area contributed by atoms with E-state index in [4.69, 9.17) is 5.73 Å². The third-order valence-corrected chi connectivity index (χ3v) is 3.11. The molecule has 3 rings (SSSR count). The van der Waals surface area contributed by atoms with Crippen molar-refractivity contribution < 1.29 is 4.92 Å². The van der Waals surface area contributed by atoms with Crippen molar-refractivity contribution in [1.29, 1.82) is 0 Å². The number of fused-ring (bicyclic) bond motifs is 1. The number of imidazole rings is 1. The smallest absolute Gasteiger partial charge is 0.292 e. The number of anilines is 1. The molecular weight excluding hydrogens is 258 g/mol. The van der Waals surface area contributed by atoms with Crippen LogP contribution in [0.3, 0.4) is 0 Å². The van der Waals surface area contributed by atoms with Gasteiger partial charge in [-0.05, 0) is 24.3 Å². The van der Waals surface area contributed by atoms with Crippen LogP contribution < -0.4 is 5.73 Å². The van der Waals surface area contributed by atoms with Gasteiger partial charge in [0.1, 0.15) is 17.0 Å². The Kier molecular flexibility index (Phi) is 2.60. The molecule has 7 nitrogen and oxygen atoms in total. The SMILES string of the molecule is Cn1c(-c2ccc(N)c([N+](=O)[O-])c2)nc2cccnc21. The van der Waals surface area contributed by atoms with Gasteiger partial charge in [0.05, 0.1) is 4.92 Å². The van der Waals surface area contributed by atoms with E-state index in [2.05, 4.69) is 9.97 Å². The number of nitrogens with zero attached hydrogens (tertiary/aromatic N) is 4. The van der Waals surface area contributed by atoms with Gasteiger partial charge in [-0.15, -0.1) is 0 Å². The van der Waals surface area contributed by atoms with E-state index in [1.165, 1.54) is 12.1 Å². The summed E-state index contributed by atoms with van der Waals surface area (Å²) < 4.78 is 1.80. The number of hydrogen-bond donors (Lipinski definition) is 1. The molecule has 2 N–H and O–H groups in total. The Morgan fingerprint density at radius 2 is 2.15 bits per heavy atom. The van der Waals surface area contributed by atoms with Crippen molar-refractivity contribution >= 4 is 22.5 Å². The molecule has 0 atom stereocenters. The van der Waals surface area contributed by atoms with Gasteiger partial charge in [-0.1, -0.05) is 0 Å². The van der Waals surface area contributed by atoms with Crippen LogP contribution in [0.4, 0.5) is 11.4 Å². The fourth-order valence-corrected chi connectivity index (χ4v) is 2.12. The first-order valence-corrected chi connectivity index (χ1v) is 5.89. The fraction of sp³-hybridized carbons (Fsp3) is 0.0769. The molecule has 7 heteroatoms. The summed E-state index contributed by atoms with van der Waals surface area (Å²) in [6.07, 6.45) is 1.68. The number of pyridine rings is 1. The van der Waals surface area contributed by atoms with Crippen LogP contribution in [-0.2, 0) is 7.05 Å². The Morgan fingerprint density at radius 1 is 1.35 bits per heavy atom. The van der Waals surface area contributed by atoms with Crippen molar-refractivity contribution in [3.8, 4) is 11.4 Å². The molecule has 0 unspecified atom stereocenters. The first-order chi connectivity index (χ1) is 9.58. The number of hydrogen-bond acceptors (Lipinski definition) is 5. The molecule has 0 bridgehead atoms. The lowest BCUT2D eigenvalue weighted by atomic mass is 10.1. The van der Waals surface area contributed by atoms with E-state index in [0.29, 0.717) is 11.4 Å². The van der Waals surface area contributed by atoms with Crippen molar-refractivity contribution in [3.63, 3.8) is 0 Å². The number of nitro groups is 1. The molecule has 0 radical (unpaired) electrons. The molecule has 2 heterocycles. The second-order valence-electron chi connectivity index (χ2n) is 4.37. The zero-order valence-corrected chi connectivity index (χ0v) is 10.6. The van der Waals surface area contributed by atoms with Crippen LogP contribution in [0.25, 0.3) is 22.6 Å². The quantitative estimate of drug-likeness (QED) is 0.436. The molecule has 20 heavy (non-hydrogen) atoms. The zero-order chi connectivity index (χ0) is 14.3. The highest BCUT2D eigenvalue weighted by Gasteiger charge is 2.16. The number of aryl methyl sites for hydroxylation is 1. The maximum absolute atomic E-state index is 10.9. The molecule has 3 aromatic rings. The third kappa shape index (κ3) is 1.76. The Balaban J connectivity index is 2.23. The van der Waals surface area contributed by atoms with E-state index in [-0.39, 0.29) is 11.4 Å². The van der Waals surface area contributed by atoms with Crippen LogP contribution in [0.1, 0.15) is 0 Å². The Morgan fingerprint density at radius 3 is 2.85 bits per heavy atom. The van der Waals surface area contributed by atoms with Gasteiger partial charge < -0.3 is 10.3 Å². The predicted molar refractivity (Wildman–Crippen MR) is 75.0 cm³/mol. The zero-order valence-electron chi connectivity index (χ0n) is 10.6. The van der Waals surface area contributed by atoms with Gasteiger partial charge in [-0.3, -0.25) is 10.1 Å². The summed E-state index contributed by atoms with van der Waals surface area (Å²) in [5, 5.41) is 10.9. The van der Waals surface area contributed by atoms with E-state index in [1.54, 1.807) is 22.9 Å². The highest BCUT2D eigenvalue weighted by Crippen LogP contribution is 2.29. The van der Waals surface area contributed by atoms with Gasteiger partial charge in [-0.25, -0.2) is 9.97 Å². The van der Waals surface area contributed by atoms with Gasteiger partial charge in [0.25, 0.3) is 5.69 Å². The van der Waals surface area contributed by atoms with Crippen molar-refractivity contribution in [1.82, 2.24) is 14.5 Å². The number of nitrogens with two attached hydrogens (primary N) is 1. The minimum absolute atomic E-state index is 0.123. The minimum Gasteiger partial charge on any atom is -0.393 e. The van der Waals surface area contributed by atoms with Gasteiger partial charge >= 0.3 is 0 Å². The van der Waals surface area contributed by atoms with Crippen LogP contribution in [0, 0.1) is 10.1 Å². The summed E-state index contributed by atoms with van der Waals surface area (Å²) >= 11 is 0. The molecule has 2 aromatic heterocycles. The van der Waals surface area contributed by atoms with Crippen molar-refractivity contribution in [3.05, 3.63) is 46.6 Å². The highest BCUT2D eigenvalue weighted by molar-refractivity contribution is 5.78. The molecule has 0 fully saturated rings. The minimum atomic E-state index is -0.500. The maximum Gasteiger partial charge on any atom is 0.292 e. The van der Waals surface area contributed by atoms with Crippen molar-refractivity contribution in [2.24, 2.45) is 7.05 Å². The van der Waals surface area contributed by atoms with Gasteiger partial charge in [0, 0.05) is 24.9 Å². The standard InChI is InChI=1S/C13H11N5O2/c1-17-12(16-10-3-2-6-15-13(10)17)8-4-5-9(14)11(7-8)18(19)20/h2-7H,14H2,1H3. The van der Waals surface area contributed by atoms with Crippen LogP contribution >= 0.6 is 0 Å². The summed E-state index contributed by atoms with van der Waals surface area (Å²) in [6.45, 7) is 0. The van der Waals surface area contributed by atoms with E-state index in [1.807, 2.05) is 13.1 Å². The van der Waals surface area contributed by atoms with Crippen LogP contribution in [0.5, 0.6) is 0 Å². The first kappa shape index (κ1) is 12.1. The molecule has 100 valence electrons. The molecule has 0 aliphatic rings. The number of nitrogen functional groups attached to an aromatic ring is 1. The molecule has 0 spiro atoms. The Hall–Kier alpha value is -2.96. The lowest BCUT2D eigenvalue weighted by molar-refractivity contribution is -0.383. The molecule has 0 saturated heterocycles. The summed E-state index contributed by atoms with van der Waals surface area (Å²) in [6, 6.07) is 8.29. The number of benzene rings is 1. The summed E-state index contributed by atoms with van der Waals surface area (Å²) in [4.78, 5) is 19.1. The summed E-state index contributed by atoms with van der Waals surface area (Å²) in [5.41, 5.74) is 7.71. The number of nitro benzene ring substituents is 1. The summed E-state index contributed by atoms with van der Waals surface area (Å²) in [7, 11) is 1.82. The number of aromatic nitrogens is 3. The maximum atomic E-state index is 10.9. The van der Waals surface area contributed by atoms with Crippen molar-refractivity contribution in [2.45, 2.75) is 0 Å². The monoisotopic (exact) mass is 269 g/mol. The van der Waals surface area contributed by atoms with E-state index in [9.17, 15) is 10.1 Å². The van der Waals surface area contributed by atoms with E-state index < -0.39 is 4.92 Å². The Labute approximate surface area is 113 Å². The molecule has 1 aromatic carbocycles. The second-order valence-corrected chi connectivity index (χ2v) is 4.37. The Bertz CT molecular complexity index is 825. The van der Waals surface area contributed by atoms with Crippen LogP contribution in [0.15, 0.2) is 36.5 Å². The van der Waals surface area contributed by atoms with Crippen LogP contribution in [0.2, 0.25) is 0 Å². The first-order valence-electron chi connectivity index (χ1n) is 5.89. The molecule has 0 saturated carbocycles. The summed E-state index contributed by atoms with van der Waals surface area (Å²) in [5.74, 6) is 0.613. The fourth-order valence-electron chi connectivity index (χ4n) is 2.12. The molecule has 0 aliphatic carbocycles. The van der Waals surface area contributed by atoms with Gasteiger partial charge in [0.15, 0.2) is 5.65 Å². The molecular formula is C13H11N5O2. The topological polar surface area (TPSA) is 99.9 Å². The normalized spacial score (nSPS) is 10.8. The number of rotatable bonds is 2. The second kappa shape index (κ2) is 4.30. The average Bonchev–Trinajstić information content (AvgIpc) is 2.77. The lowest BCUT2D eigenvalue weighted by Crippen LogP contribution is -1.98. The highest BCUT2D eigenvalue weighted by atomic mass is 16.6. The molecule has 0 amide bonds. The van der Waals surface area contributed by atoms with Crippen molar-refractivity contribution in [2.75, 3.05) is 5.73 Å². The average molecular weight is 269 g/mol. The van der Waals surface area contributed by atoms with Gasteiger partial charge in [0.2, 0.25) is 0 Å². The van der Waals surface area contributed by atoms with Gasteiger partial charge in [-0.2, -0.15) is 0 Å². The predicted octanol–water partition coefficient (Wildman–Crippen LogP) is 2.13. The largest absolute Gasteiger partial charge is 0.393 e. The van der Waals surface area contributed by atoms with Crippen LogP contribution in [-0.4, -0.2) is 19.5 Å². The molecule has 0 aliphatic heterocycles. The van der Waals surface area contributed by atoms with E-state index >= 15 is 0 Å².